The first-order valence-corrected chi connectivity index (χ1v) is 6.88. The molecule has 20 heavy (non-hydrogen) atoms. The average molecular weight is 316 g/mol. The van der Waals surface area contributed by atoms with Crippen molar-refractivity contribution < 1.29 is 9.18 Å². The number of aromatic nitrogens is 4. The van der Waals surface area contributed by atoms with Gasteiger partial charge in [0.25, 0.3) is 0 Å². The fraction of sp³-hybridized carbons (Fsp3) is 0.273. The predicted octanol–water partition coefficient (Wildman–Crippen LogP) is 2.12. The van der Waals surface area contributed by atoms with Gasteiger partial charge in [-0.05, 0) is 35.5 Å². The van der Waals surface area contributed by atoms with Crippen LogP contribution < -0.4 is 5.32 Å². The maximum Gasteiger partial charge on any atom is 0.237 e. The molecule has 1 N–H and O–H groups in total. The smallest absolute Gasteiger partial charge is 0.237 e. The fourth-order valence-electron chi connectivity index (χ4n) is 1.36. The number of hydrogen-bond donors (Lipinski definition) is 1. The van der Waals surface area contributed by atoms with E-state index in [4.69, 9.17) is 11.6 Å². The molecule has 106 valence electrons. The van der Waals surface area contributed by atoms with Crippen LogP contribution in [0.2, 0.25) is 5.02 Å². The highest BCUT2D eigenvalue weighted by Gasteiger charge is 2.18. The number of halogens is 2. The minimum absolute atomic E-state index is 0.149. The number of carbonyl (C=O) groups is 1. The maximum absolute atomic E-state index is 12.9. The van der Waals surface area contributed by atoms with Crippen LogP contribution in [0, 0.1) is 5.82 Å². The topological polar surface area (TPSA) is 72.7 Å². The molecule has 0 saturated carbocycles. The van der Waals surface area contributed by atoms with E-state index in [0.29, 0.717) is 10.8 Å². The summed E-state index contributed by atoms with van der Waals surface area (Å²) < 4.78 is 14.4. The van der Waals surface area contributed by atoms with Crippen LogP contribution in [0.5, 0.6) is 0 Å². The van der Waals surface area contributed by atoms with E-state index in [1.807, 2.05) is 0 Å². The zero-order valence-electron chi connectivity index (χ0n) is 10.7. The standard InChI is InChI=1S/C11H11ClFN5OS/c1-6(20-11-15-16-17-18(11)2)10(19)14-9-4-3-7(13)5-8(9)12/h3-6H,1-2H3,(H,14,19)/t6-/m0/s1. The van der Waals surface area contributed by atoms with Crippen molar-refractivity contribution in [3.05, 3.63) is 29.0 Å². The molecule has 0 unspecified atom stereocenters. The highest BCUT2D eigenvalue weighted by atomic mass is 35.5. The summed E-state index contributed by atoms with van der Waals surface area (Å²) >= 11 is 7.06. The third kappa shape index (κ3) is 3.45. The first kappa shape index (κ1) is 14.7. The third-order valence-electron chi connectivity index (χ3n) is 2.42. The lowest BCUT2D eigenvalue weighted by Crippen LogP contribution is -2.23. The zero-order valence-corrected chi connectivity index (χ0v) is 12.2. The molecule has 1 aromatic carbocycles. The summed E-state index contributed by atoms with van der Waals surface area (Å²) in [4.78, 5) is 12.0. The molecular formula is C11H11ClFN5OS. The molecule has 9 heteroatoms. The Hall–Kier alpha value is -1.67. The van der Waals surface area contributed by atoms with Crippen molar-refractivity contribution in [1.82, 2.24) is 20.2 Å². The lowest BCUT2D eigenvalue weighted by molar-refractivity contribution is -0.115. The Balaban J connectivity index is 2.02. The number of rotatable bonds is 4. The summed E-state index contributed by atoms with van der Waals surface area (Å²) in [7, 11) is 1.68. The molecule has 1 aromatic heterocycles. The van der Waals surface area contributed by atoms with Crippen LogP contribution in [0.15, 0.2) is 23.4 Å². The van der Waals surface area contributed by atoms with Gasteiger partial charge in [0.15, 0.2) is 0 Å². The second-order valence-electron chi connectivity index (χ2n) is 3.96. The molecule has 0 aliphatic rings. The Labute approximate surface area is 123 Å². The predicted molar refractivity (Wildman–Crippen MR) is 74.2 cm³/mol. The van der Waals surface area contributed by atoms with Crippen LogP contribution in [0.3, 0.4) is 0 Å². The lowest BCUT2D eigenvalue weighted by atomic mass is 10.3. The van der Waals surface area contributed by atoms with Crippen molar-refractivity contribution in [2.75, 3.05) is 5.32 Å². The number of anilines is 1. The number of nitrogens with one attached hydrogen (secondary N) is 1. The van der Waals surface area contributed by atoms with E-state index in [9.17, 15) is 9.18 Å². The molecule has 0 saturated heterocycles. The van der Waals surface area contributed by atoms with Gasteiger partial charge in [0.2, 0.25) is 11.1 Å². The maximum atomic E-state index is 12.9. The van der Waals surface area contributed by atoms with Crippen LogP contribution in [0.1, 0.15) is 6.92 Å². The van der Waals surface area contributed by atoms with Crippen LogP contribution in [0.25, 0.3) is 0 Å². The minimum Gasteiger partial charge on any atom is -0.324 e. The molecule has 1 amide bonds. The average Bonchev–Trinajstić information content (AvgIpc) is 2.78. The molecule has 2 aromatic rings. The second-order valence-corrected chi connectivity index (χ2v) is 5.67. The Morgan fingerprint density at radius 3 is 2.90 bits per heavy atom. The highest BCUT2D eigenvalue weighted by molar-refractivity contribution is 8.00. The molecule has 2 rings (SSSR count). The number of hydrogen-bond acceptors (Lipinski definition) is 5. The molecule has 0 radical (unpaired) electrons. The number of carbonyl (C=O) groups excluding carboxylic acids is 1. The lowest BCUT2D eigenvalue weighted by Gasteiger charge is -2.11. The van der Waals surface area contributed by atoms with Gasteiger partial charge in [-0.2, -0.15) is 0 Å². The van der Waals surface area contributed by atoms with E-state index in [1.165, 1.54) is 28.6 Å². The molecule has 0 fully saturated rings. The van der Waals surface area contributed by atoms with Crippen LogP contribution in [0.4, 0.5) is 10.1 Å². The molecule has 0 aliphatic carbocycles. The number of aryl methyl sites for hydroxylation is 1. The van der Waals surface area contributed by atoms with Gasteiger partial charge in [0.1, 0.15) is 5.82 Å². The van der Waals surface area contributed by atoms with Gasteiger partial charge in [-0.1, -0.05) is 23.4 Å². The summed E-state index contributed by atoms with van der Waals surface area (Å²) in [5.41, 5.74) is 0.363. The van der Waals surface area contributed by atoms with E-state index in [-0.39, 0.29) is 10.9 Å². The van der Waals surface area contributed by atoms with Crippen molar-refractivity contribution in [2.45, 2.75) is 17.3 Å². The Morgan fingerprint density at radius 1 is 1.55 bits per heavy atom. The second kappa shape index (κ2) is 6.19. The summed E-state index contributed by atoms with van der Waals surface area (Å²) in [6, 6.07) is 3.78. The highest BCUT2D eigenvalue weighted by Crippen LogP contribution is 2.25. The molecular weight excluding hydrogens is 305 g/mol. The number of benzene rings is 1. The van der Waals surface area contributed by atoms with Crippen molar-refractivity contribution in [3.63, 3.8) is 0 Å². The van der Waals surface area contributed by atoms with Gasteiger partial charge in [0, 0.05) is 7.05 Å². The number of tetrazole rings is 1. The third-order valence-corrected chi connectivity index (χ3v) is 3.86. The van der Waals surface area contributed by atoms with Crippen molar-refractivity contribution in [2.24, 2.45) is 7.05 Å². The number of thioether (sulfide) groups is 1. The molecule has 1 heterocycles. The molecule has 0 aliphatic heterocycles. The van der Waals surface area contributed by atoms with E-state index >= 15 is 0 Å². The van der Waals surface area contributed by atoms with Crippen LogP contribution >= 0.6 is 23.4 Å². The largest absolute Gasteiger partial charge is 0.324 e. The Bertz CT molecular complexity index is 635. The van der Waals surface area contributed by atoms with E-state index < -0.39 is 11.1 Å². The first-order valence-electron chi connectivity index (χ1n) is 5.62. The van der Waals surface area contributed by atoms with Gasteiger partial charge < -0.3 is 5.32 Å². The van der Waals surface area contributed by atoms with Gasteiger partial charge in [-0.3, -0.25) is 4.79 Å². The molecule has 0 spiro atoms. The van der Waals surface area contributed by atoms with Gasteiger partial charge >= 0.3 is 0 Å². The van der Waals surface area contributed by atoms with E-state index in [1.54, 1.807) is 14.0 Å². The monoisotopic (exact) mass is 315 g/mol. The minimum atomic E-state index is -0.458. The van der Waals surface area contributed by atoms with E-state index in [0.717, 1.165) is 6.07 Å². The molecule has 0 bridgehead atoms. The summed E-state index contributed by atoms with van der Waals surface area (Å²) in [6.45, 7) is 1.71. The quantitative estimate of drug-likeness (QED) is 0.875. The van der Waals surface area contributed by atoms with Crippen molar-refractivity contribution in [1.29, 1.82) is 0 Å². The van der Waals surface area contributed by atoms with Crippen LogP contribution in [-0.2, 0) is 11.8 Å². The van der Waals surface area contributed by atoms with Crippen molar-refractivity contribution >= 4 is 35.0 Å². The Kier molecular flexibility index (Phi) is 4.56. The van der Waals surface area contributed by atoms with Gasteiger partial charge in [-0.25, -0.2) is 9.07 Å². The first-order chi connectivity index (χ1) is 9.47. The summed E-state index contributed by atoms with van der Waals surface area (Å²) in [5, 5.41) is 13.8. The SMILES string of the molecule is C[C@H](Sc1nnnn1C)C(=O)Nc1ccc(F)cc1Cl. The van der Waals surface area contributed by atoms with Crippen LogP contribution in [-0.4, -0.2) is 31.4 Å². The molecule has 6 nitrogen and oxygen atoms in total. The fourth-order valence-corrected chi connectivity index (χ4v) is 2.33. The number of amides is 1. The summed E-state index contributed by atoms with van der Waals surface area (Å²) in [5.74, 6) is -0.730. The number of nitrogens with zero attached hydrogens (tertiary/aromatic N) is 4. The Morgan fingerprint density at radius 2 is 2.30 bits per heavy atom. The summed E-state index contributed by atoms with van der Waals surface area (Å²) in [6.07, 6.45) is 0. The normalized spacial score (nSPS) is 12.2. The molecule has 1 atom stereocenters. The zero-order chi connectivity index (χ0) is 14.7. The van der Waals surface area contributed by atoms with E-state index in [2.05, 4.69) is 20.8 Å². The van der Waals surface area contributed by atoms with Crippen molar-refractivity contribution in [3.8, 4) is 0 Å². The van der Waals surface area contributed by atoms with Gasteiger partial charge in [-0.15, -0.1) is 5.10 Å². The van der Waals surface area contributed by atoms with Gasteiger partial charge in [0.05, 0.1) is 16.0 Å².